The smallest absolute Gasteiger partial charge is 0.398 e. The van der Waals surface area contributed by atoms with Crippen molar-refractivity contribution in [3.63, 3.8) is 0 Å². The summed E-state index contributed by atoms with van der Waals surface area (Å²) in [4.78, 5) is 1.21. The maximum Gasteiger partial charge on any atom is 0.441 e. The number of aromatic nitrogens is 3. The molecule has 0 unspecified atom stereocenters. The zero-order chi connectivity index (χ0) is 29.4. The van der Waals surface area contributed by atoms with E-state index >= 15 is 0 Å². The topological polar surface area (TPSA) is 25.0 Å². The minimum Gasteiger partial charge on any atom is -0.398 e. The summed E-state index contributed by atoms with van der Waals surface area (Å²) < 4.78 is 12.8. The Hall–Kier alpha value is -4.09. The molecule has 7 rings (SSSR count). The van der Waals surface area contributed by atoms with Crippen LogP contribution in [0.2, 0.25) is 0 Å². The van der Waals surface area contributed by atoms with Crippen molar-refractivity contribution in [2.24, 2.45) is 7.05 Å². The molecule has 1 aliphatic carbocycles. The van der Waals surface area contributed by atoms with E-state index in [2.05, 4.69) is 154 Å². The van der Waals surface area contributed by atoms with Gasteiger partial charge < -0.3 is 4.42 Å². The number of fused-ring (bicyclic) bond motifs is 4. The van der Waals surface area contributed by atoms with Crippen molar-refractivity contribution >= 4 is 16.4 Å². The molecule has 4 nitrogen and oxygen atoms in total. The summed E-state index contributed by atoms with van der Waals surface area (Å²) in [5, 5.41) is 0.875. The first kappa shape index (κ1) is 26.8. The van der Waals surface area contributed by atoms with Gasteiger partial charge in [0.2, 0.25) is 12.4 Å². The molecular formula is C37H38N3OS+3. The highest BCUT2D eigenvalue weighted by Gasteiger charge is 2.57. The monoisotopic (exact) mass is 572 g/mol. The number of benzene rings is 2. The Morgan fingerprint density at radius 2 is 1.26 bits per heavy atom. The van der Waals surface area contributed by atoms with Gasteiger partial charge >= 0.3 is 5.03 Å². The lowest BCUT2D eigenvalue weighted by Crippen LogP contribution is -2.59. The number of thiazole rings is 1. The molecule has 4 aromatic heterocycles. The van der Waals surface area contributed by atoms with Crippen LogP contribution in [0.5, 0.6) is 0 Å². The first-order chi connectivity index (χ1) is 20.0. The average molecular weight is 573 g/mol. The third-order valence-electron chi connectivity index (χ3n) is 8.80. The van der Waals surface area contributed by atoms with Crippen LogP contribution in [0.1, 0.15) is 68.7 Å². The fourth-order valence-electron chi connectivity index (χ4n) is 6.47. The van der Waals surface area contributed by atoms with Crippen LogP contribution in [0.25, 0.3) is 27.5 Å². The standard InChI is InChI=1S/C37H38N3OS/c1-35(2,3)25-16-18-38(7)31(22-25)32-23-26(36(4,5)6)17-19-40(32)37(33-24-39-20-21-41-34(39)42-33)29-14-10-8-12-27(29)28-13-9-11-15-30(28)37/h8-24H,1-7H3/q+3. The Labute approximate surface area is 252 Å². The van der Waals surface area contributed by atoms with Gasteiger partial charge in [-0.05, 0) is 44.4 Å². The van der Waals surface area contributed by atoms with Crippen LogP contribution in [0.3, 0.4) is 0 Å². The largest absolute Gasteiger partial charge is 0.441 e. The molecular weight excluding hydrogens is 534 g/mol. The van der Waals surface area contributed by atoms with Crippen LogP contribution in [-0.2, 0) is 23.4 Å². The number of pyridine rings is 2. The molecule has 0 spiro atoms. The molecule has 6 aromatic rings. The van der Waals surface area contributed by atoms with E-state index in [4.69, 9.17) is 4.42 Å². The highest BCUT2D eigenvalue weighted by Crippen LogP contribution is 2.52. The molecule has 0 amide bonds. The van der Waals surface area contributed by atoms with Gasteiger partial charge in [-0.1, -0.05) is 90.1 Å². The lowest BCUT2D eigenvalue weighted by Gasteiger charge is -2.27. The summed E-state index contributed by atoms with van der Waals surface area (Å²) in [6.07, 6.45) is 10.5. The number of aryl methyl sites for hydroxylation is 1. The van der Waals surface area contributed by atoms with Gasteiger partial charge in [0.25, 0.3) is 16.9 Å². The predicted octanol–water partition coefficient (Wildman–Crippen LogP) is 7.27. The number of hydrogen-bond acceptors (Lipinski definition) is 2. The minimum atomic E-state index is -0.594. The molecule has 0 bridgehead atoms. The molecule has 0 saturated carbocycles. The SMILES string of the molecule is C[n+]1ccc(C(C)(C)C)cc1-c1cc(C(C)(C)C)cc[n+]1C1(c2c[n+]3ccoc3s2)c2ccccc2-c2ccccc21. The second-order valence-corrected chi connectivity index (χ2v) is 14.5. The van der Waals surface area contributed by atoms with Gasteiger partial charge in [0.15, 0.2) is 23.5 Å². The zero-order valence-corrected chi connectivity index (χ0v) is 26.3. The first-order valence-electron chi connectivity index (χ1n) is 14.6. The predicted molar refractivity (Wildman–Crippen MR) is 168 cm³/mol. The van der Waals surface area contributed by atoms with Crippen LogP contribution in [0, 0.1) is 0 Å². The Morgan fingerprint density at radius 3 is 1.86 bits per heavy atom. The molecule has 210 valence electrons. The fourth-order valence-corrected chi connectivity index (χ4v) is 7.61. The Kier molecular flexibility index (Phi) is 5.87. The Balaban J connectivity index is 1.66. The molecule has 0 atom stereocenters. The highest BCUT2D eigenvalue weighted by atomic mass is 32.1. The van der Waals surface area contributed by atoms with E-state index in [0.29, 0.717) is 0 Å². The summed E-state index contributed by atoms with van der Waals surface area (Å²) >= 11 is 1.72. The molecule has 0 N–H and O–H groups in total. The van der Waals surface area contributed by atoms with Crippen LogP contribution >= 0.6 is 11.3 Å². The van der Waals surface area contributed by atoms with E-state index in [1.807, 2.05) is 6.20 Å². The summed E-state index contributed by atoms with van der Waals surface area (Å²) in [6.45, 7) is 13.7. The molecule has 5 heteroatoms. The van der Waals surface area contributed by atoms with Crippen molar-refractivity contribution < 1.29 is 18.0 Å². The van der Waals surface area contributed by atoms with Crippen LogP contribution in [0.15, 0.2) is 108 Å². The molecule has 1 aliphatic rings. The fraction of sp³-hybridized carbons (Fsp3) is 0.270. The van der Waals surface area contributed by atoms with Gasteiger partial charge in [0, 0.05) is 35.4 Å². The van der Waals surface area contributed by atoms with Gasteiger partial charge in [-0.3, -0.25) is 0 Å². The van der Waals surface area contributed by atoms with Gasteiger partial charge in [-0.25, -0.2) is 0 Å². The zero-order valence-electron chi connectivity index (χ0n) is 25.5. The summed E-state index contributed by atoms with van der Waals surface area (Å²) in [5.74, 6) is 0. The van der Waals surface area contributed by atoms with Crippen LogP contribution in [-0.4, -0.2) is 0 Å². The summed E-state index contributed by atoms with van der Waals surface area (Å²) in [7, 11) is 2.16. The van der Waals surface area contributed by atoms with E-state index in [1.54, 1.807) is 17.6 Å². The summed E-state index contributed by atoms with van der Waals surface area (Å²) in [6, 6.07) is 27.2. The number of hydrogen-bond donors (Lipinski definition) is 0. The molecule has 42 heavy (non-hydrogen) atoms. The van der Waals surface area contributed by atoms with Crippen molar-refractivity contribution in [2.75, 3.05) is 0 Å². The van der Waals surface area contributed by atoms with E-state index in [1.165, 1.54) is 49.6 Å². The lowest BCUT2D eigenvalue weighted by atomic mass is 9.82. The maximum absolute atomic E-state index is 5.93. The summed E-state index contributed by atoms with van der Waals surface area (Å²) in [5.41, 5.74) is 9.50. The highest BCUT2D eigenvalue weighted by molar-refractivity contribution is 7.16. The maximum atomic E-state index is 5.93. The van der Waals surface area contributed by atoms with Crippen LogP contribution < -0.4 is 13.5 Å². The Bertz CT molecular complexity index is 1910. The molecule has 0 saturated heterocycles. The van der Waals surface area contributed by atoms with Crippen LogP contribution in [0.4, 0.5) is 0 Å². The normalized spacial score (nSPS) is 14.3. The van der Waals surface area contributed by atoms with Crippen molar-refractivity contribution in [2.45, 2.75) is 57.9 Å². The third kappa shape index (κ3) is 3.90. The van der Waals surface area contributed by atoms with Crippen molar-refractivity contribution in [3.05, 3.63) is 131 Å². The van der Waals surface area contributed by atoms with E-state index in [0.717, 1.165) is 5.03 Å². The minimum absolute atomic E-state index is 0.00864. The second-order valence-electron chi connectivity index (χ2n) is 13.6. The lowest BCUT2D eigenvalue weighted by molar-refractivity contribution is -0.734. The average Bonchev–Trinajstić information content (AvgIpc) is 3.64. The molecule has 0 aliphatic heterocycles. The first-order valence-corrected chi connectivity index (χ1v) is 15.5. The quantitative estimate of drug-likeness (QED) is 0.204. The Morgan fingerprint density at radius 1 is 0.690 bits per heavy atom. The van der Waals surface area contributed by atoms with Crippen molar-refractivity contribution in [3.8, 4) is 22.5 Å². The van der Waals surface area contributed by atoms with Crippen molar-refractivity contribution in [1.29, 1.82) is 0 Å². The second kappa shape index (κ2) is 9.20. The third-order valence-corrected chi connectivity index (χ3v) is 9.90. The van der Waals surface area contributed by atoms with Gasteiger partial charge in [0.05, 0.1) is 0 Å². The van der Waals surface area contributed by atoms with E-state index in [-0.39, 0.29) is 10.8 Å². The van der Waals surface area contributed by atoms with Gasteiger partial charge in [-0.15, -0.1) is 4.40 Å². The number of oxazole rings is 1. The molecule has 0 fully saturated rings. The van der Waals surface area contributed by atoms with E-state index < -0.39 is 5.54 Å². The van der Waals surface area contributed by atoms with Gasteiger partial charge in [-0.2, -0.15) is 9.13 Å². The molecule has 2 aromatic carbocycles. The number of nitrogens with zero attached hydrogens (tertiary/aromatic N) is 3. The molecule has 4 heterocycles. The number of rotatable bonds is 3. The van der Waals surface area contributed by atoms with E-state index in [9.17, 15) is 0 Å². The van der Waals surface area contributed by atoms with Crippen molar-refractivity contribution in [1.82, 2.24) is 0 Å². The van der Waals surface area contributed by atoms with Gasteiger partial charge in [0.1, 0.15) is 7.05 Å². The molecule has 0 radical (unpaired) electrons.